The lowest BCUT2D eigenvalue weighted by Crippen LogP contribution is -2.29. The lowest BCUT2D eigenvalue weighted by Gasteiger charge is -2.28. The molecule has 0 spiro atoms. The maximum Gasteiger partial charge on any atom is 0.227 e. The predicted molar refractivity (Wildman–Crippen MR) is 140 cm³/mol. The monoisotopic (exact) mass is 496 g/mol. The number of nitrogens with one attached hydrogen (secondary N) is 3. The lowest BCUT2D eigenvalue weighted by atomic mass is 10.0. The number of carbonyl (C=O) groups is 1. The van der Waals surface area contributed by atoms with Gasteiger partial charge in [-0.3, -0.25) is 14.9 Å². The summed E-state index contributed by atoms with van der Waals surface area (Å²) in [5.74, 6) is 0.210. The quantitative estimate of drug-likeness (QED) is 0.314. The Morgan fingerprint density at radius 3 is 2.81 bits per heavy atom. The second kappa shape index (κ2) is 8.65. The normalized spacial score (nSPS) is 16.0. The smallest absolute Gasteiger partial charge is 0.227 e. The van der Waals surface area contributed by atoms with Crippen molar-refractivity contribution in [1.82, 2.24) is 30.1 Å². The number of amides is 1. The number of nitrogens with zero attached hydrogens (tertiary/aromatic N) is 5. The molecule has 37 heavy (non-hydrogen) atoms. The van der Waals surface area contributed by atoms with Gasteiger partial charge in [0.05, 0.1) is 23.1 Å². The van der Waals surface area contributed by atoms with E-state index in [0.29, 0.717) is 39.5 Å². The highest BCUT2D eigenvalue weighted by Gasteiger charge is 2.29. The minimum absolute atomic E-state index is 0.0191. The van der Waals surface area contributed by atoms with Crippen molar-refractivity contribution in [3.8, 4) is 22.6 Å². The maximum absolute atomic E-state index is 15.2. The molecule has 0 atom stereocenters. The third-order valence-corrected chi connectivity index (χ3v) is 7.21. The first-order valence-electron chi connectivity index (χ1n) is 12.7. The van der Waals surface area contributed by atoms with Crippen LogP contribution in [0.5, 0.6) is 0 Å². The largest absolute Gasteiger partial charge is 0.370 e. The van der Waals surface area contributed by atoms with Crippen LogP contribution >= 0.6 is 0 Å². The molecule has 2 aliphatic rings. The molecule has 1 saturated heterocycles. The van der Waals surface area contributed by atoms with Gasteiger partial charge < -0.3 is 15.2 Å². The Morgan fingerprint density at radius 1 is 1.11 bits per heavy atom. The number of carbonyl (C=O) groups excluding carboxylic acids is 1. The van der Waals surface area contributed by atoms with Crippen LogP contribution in [-0.4, -0.2) is 49.1 Å². The Bertz CT molecular complexity index is 1650. The minimum Gasteiger partial charge on any atom is -0.370 e. The van der Waals surface area contributed by atoms with Gasteiger partial charge in [-0.05, 0) is 50.3 Å². The van der Waals surface area contributed by atoms with Gasteiger partial charge in [0.1, 0.15) is 17.0 Å². The molecule has 0 unspecified atom stereocenters. The van der Waals surface area contributed by atoms with Crippen LogP contribution in [0.15, 0.2) is 42.9 Å². The number of hydrogen-bond acceptors (Lipinski definition) is 6. The first kappa shape index (κ1) is 21.9. The third-order valence-electron chi connectivity index (χ3n) is 7.21. The van der Waals surface area contributed by atoms with Gasteiger partial charge in [-0.15, -0.1) is 0 Å². The van der Waals surface area contributed by atoms with Crippen molar-refractivity contribution >= 4 is 39.3 Å². The van der Waals surface area contributed by atoms with E-state index >= 15 is 4.39 Å². The first-order valence-corrected chi connectivity index (χ1v) is 12.7. The van der Waals surface area contributed by atoms with Crippen LogP contribution in [-0.2, 0) is 4.79 Å². The molecule has 9 nitrogen and oxygen atoms in total. The molecule has 7 rings (SSSR count). The van der Waals surface area contributed by atoms with E-state index in [1.807, 2.05) is 6.07 Å². The molecule has 1 aromatic carbocycles. The highest BCUT2D eigenvalue weighted by molar-refractivity contribution is 5.98. The minimum atomic E-state index is -0.408. The van der Waals surface area contributed by atoms with E-state index in [4.69, 9.17) is 4.98 Å². The van der Waals surface area contributed by atoms with Crippen LogP contribution in [0.1, 0.15) is 32.1 Å². The number of hydrogen-bond donors (Lipinski definition) is 3. The van der Waals surface area contributed by atoms with Gasteiger partial charge in [0.2, 0.25) is 5.91 Å². The van der Waals surface area contributed by atoms with Gasteiger partial charge in [0.15, 0.2) is 11.5 Å². The highest BCUT2D eigenvalue weighted by atomic mass is 19.1. The van der Waals surface area contributed by atoms with E-state index in [1.165, 1.54) is 25.3 Å². The fourth-order valence-electron chi connectivity index (χ4n) is 5.09. The van der Waals surface area contributed by atoms with Gasteiger partial charge in [0.25, 0.3) is 0 Å². The summed E-state index contributed by atoms with van der Waals surface area (Å²) in [5, 5.41) is 11.0. The molecule has 5 heterocycles. The second-order valence-electron chi connectivity index (χ2n) is 9.84. The van der Waals surface area contributed by atoms with Crippen molar-refractivity contribution in [3.63, 3.8) is 0 Å². The van der Waals surface area contributed by atoms with Crippen LogP contribution in [0, 0.1) is 11.7 Å². The zero-order valence-electron chi connectivity index (χ0n) is 20.1. The van der Waals surface area contributed by atoms with E-state index in [1.54, 1.807) is 30.7 Å². The van der Waals surface area contributed by atoms with E-state index in [9.17, 15) is 4.79 Å². The van der Waals surface area contributed by atoms with Crippen molar-refractivity contribution < 1.29 is 9.18 Å². The molecule has 3 N–H and O–H groups in total. The molecular formula is C27H25FN8O. The number of fused-ring (bicyclic) bond motifs is 2. The standard InChI is InChI=1S/C27H25FN8O/c28-20-12-21-19(11-18(20)16-10-17(14-29-13-16)31-27(37)15-4-5-15)23(35-34-21)26-32-24-22(6-7-30-25(24)33-26)36-8-2-1-3-9-36/h6-7,10-15H,1-5,8-9H2,(H,31,37)(H,34,35)(H,30,32,33). The summed E-state index contributed by atoms with van der Waals surface area (Å²) in [4.78, 5) is 31.4. The number of rotatable bonds is 5. The average molecular weight is 497 g/mol. The summed E-state index contributed by atoms with van der Waals surface area (Å²) >= 11 is 0. The number of aromatic nitrogens is 6. The van der Waals surface area contributed by atoms with Gasteiger partial charge in [0, 0.05) is 54.0 Å². The van der Waals surface area contributed by atoms with E-state index < -0.39 is 5.82 Å². The van der Waals surface area contributed by atoms with Gasteiger partial charge >= 0.3 is 0 Å². The van der Waals surface area contributed by atoms with Crippen molar-refractivity contribution in [1.29, 1.82) is 0 Å². The number of anilines is 2. The Labute approximate surface area is 211 Å². The number of imidazole rings is 1. The number of pyridine rings is 2. The number of benzene rings is 1. The van der Waals surface area contributed by atoms with Crippen molar-refractivity contribution in [2.75, 3.05) is 23.3 Å². The van der Waals surface area contributed by atoms with Crippen LogP contribution in [0.4, 0.5) is 15.8 Å². The molecule has 1 saturated carbocycles. The topological polar surface area (TPSA) is 115 Å². The third kappa shape index (κ3) is 3.98. The summed E-state index contributed by atoms with van der Waals surface area (Å²) < 4.78 is 15.2. The van der Waals surface area contributed by atoms with Gasteiger partial charge in [-0.1, -0.05) is 0 Å². The molecule has 0 radical (unpaired) electrons. The number of aromatic amines is 2. The lowest BCUT2D eigenvalue weighted by molar-refractivity contribution is -0.117. The summed E-state index contributed by atoms with van der Waals surface area (Å²) in [6.07, 6.45) is 10.4. The molecule has 2 fully saturated rings. The molecule has 10 heteroatoms. The SMILES string of the molecule is O=C(Nc1cncc(-c2cc3c(-c4nc5nccc(N6CCCCC6)c5[nH]4)n[nH]c3cc2F)c1)C1CC1. The molecule has 1 aliphatic heterocycles. The van der Waals surface area contributed by atoms with Crippen LogP contribution < -0.4 is 10.2 Å². The molecular weight excluding hydrogens is 471 g/mol. The second-order valence-corrected chi connectivity index (χ2v) is 9.84. The van der Waals surface area contributed by atoms with Gasteiger partial charge in [-0.25, -0.2) is 14.4 Å². The van der Waals surface area contributed by atoms with Crippen LogP contribution in [0.3, 0.4) is 0 Å². The Kier molecular flexibility index (Phi) is 5.12. The summed E-state index contributed by atoms with van der Waals surface area (Å²) in [6.45, 7) is 2.02. The zero-order valence-corrected chi connectivity index (χ0v) is 20.1. The summed E-state index contributed by atoms with van der Waals surface area (Å²) in [7, 11) is 0. The van der Waals surface area contributed by atoms with E-state index in [0.717, 1.165) is 42.5 Å². The Morgan fingerprint density at radius 2 is 1.97 bits per heavy atom. The van der Waals surface area contributed by atoms with Crippen LogP contribution in [0.25, 0.3) is 44.7 Å². The zero-order chi connectivity index (χ0) is 24.9. The number of piperidine rings is 1. The molecule has 186 valence electrons. The molecule has 0 bridgehead atoms. The van der Waals surface area contributed by atoms with E-state index in [-0.39, 0.29) is 11.8 Å². The van der Waals surface area contributed by atoms with E-state index in [2.05, 4.69) is 35.4 Å². The number of halogens is 1. The van der Waals surface area contributed by atoms with Crippen LogP contribution in [0.2, 0.25) is 0 Å². The number of H-pyrrole nitrogens is 2. The first-order chi connectivity index (χ1) is 18.1. The fraction of sp³-hybridized carbons (Fsp3) is 0.296. The van der Waals surface area contributed by atoms with Crippen molar-refractivity contribution in [2.45, 2.75) is 32.1 Å². The Balaban J connectivity index is 1.28. The molecule has 1 amide bonds. The Hall–Kier alpha value is -4.34. The fourth-order valence-corrected chi connectivity index (χ4v) is 5.09. The maximum atomic E-state index is 15.2. The summed E-state index contributed by atoms with van der Waals surface area (Å²) in [6, 6.07) is 6.94. The van der Waals surface area contributed by atoms with Crippen molar-refractivity contribution in [2.24, 2.45) is 5.92 Å². The van der Waals surface area contributed by atoms with Gasteiger partial charge in [-0.2, -0.15) is 5.10 Å². The summed E-state index contributed by atoms with van der Waals surface area (Å²) in [5.41, 5.74) is 5.23. The molecule has 1 aliphatic carbocycles. The predicted octanol–water partition coefficient (Wildman–Crippen LogP) is 5.04. The molecule has 5 aromatic rings. The average Bonchev–Trinajstić information content (AvgIpc) is 3.56. The van der Waals surface area contributed by atoms with Crippen molar-refractivity contribution in [3.05, 3.63) is 48.7 Å². The highest BCUT2D eigenvalue weighted by Crippen LogP contribution is 2.35. The molecule has 4 aromatic heterocycles.